The SMILES string of the molecule is Cc1nnn(-c2ccc(-c3ccc(O[C@H]4CC5CC[C@@H](C5)C4)nn3)c(O)c2)n1. The molecule has 1 N–H and O–H groups in total. The van der Waals surface area contributed by atoms with Crippen molar-refractivity contribution in [3.63, 3.8) is 0 Å². The molecule has 144 valence electrons. The number of tetrazole rings is 1. The van der Waals surface area contributed by atoms with Crippen molar-refractivity contribution in [3.05, 3.63) is 36.2 Å². The lowest BCUT2D eigenvalue weighted by Gasteiger charge is -2.27. The van der Waals surface area contributed by atoms with E-state index in [0.717, 1.165) is 24.7 Å². The molecule has 8 heteroatoms. The minimum atomic E-state index is 0.0827. The Labute approximate surface area is 162 Å². The van der Waals surface area contributed by atoms with Crippen LogP contribution in [0.25, 0.3) is 16.9 Å². The standard InChI is InChI=1S/C20H22N6O2/c1-12-21-25-26(24-12)15-4-5-17(19(27)11-15)18-6-7-20(23-22-18)28-16-9-13-2-3-14(8-13)10-16/h4-7,11,13-14,16,27H,2-3,8-10H2,1H3/t13-,14?,16+/m0/s1. The van der Waals surface area contributed by atoms with E-state index in [1.165, 1.54) is 24.1 Å². The van der Waals surface area contributed by atoms with E-state index in [2.05, 4.69) is 25.6 Å². The van der Waals surface area contributed by atoms with Gasteiger partial charge in [-0.1, -0.05) is 12.8 Å². The molecule has 2 aromatic heterocycles. The molecule has 0 aliphatic heterocycles. The number of fused-ring (bicyclic) bond motifs is 2. The van der Waals surface area contributed by atoms with Crippen LogP contribution in [-0.4, -0.2) is 41.6 Å². The Hall–Kier alpha value is -3.03. The minimum Gasteiger partial charge on any atom is -0.507 e. The summed E-state index contributed by atoms with van der Waals surface area (Å²) in [6.07, 6.45) is 6.54. The number of aromatic nitrogens is 6. The van der Waals surface area contributed by atoms with Crippen molar-refractivity contribution in [2.45, 2.75) is 45.1 Å². The third-order valence-corrected chi connectivity index (χ3v) is 5.77. The van der Waals surface area contributed by atoms with Crippen LogP contribution in [0.1, 0.15) is 37.9 Å². The first-order valence-electron chi connectivity index (χ1n) is 9.75. The monoisotopic (exact) mass is 378 g/mol. The number of hydrogen-bond acceptors (Lipinski definition) is 7. The van der Waals surface area contributed by atoms with E-state index in [-0.39, 0.29) is 11.9 Å². The second-order valence-electron chi connectivity index (χ2n) is 7.84. The Balaban J connectivity index is 1.31. The molecule has 2 fully saturated rings. The molecule has 2 aliphatic carbocycles. The molecular formula is C20H22N6O2. The first kappa shape index (κ1) is 17.1. The van der Waals surface area contributed by atoms with E-state index in [1.807, 2.05) is 12.1 Å². The van der Waals surface area contributed by atoms with Gasteiger partial charge in [0.25, 0.3) is 0 Å². The summed E-state index contributed by atoms with van der Waals surface area (Å²) in [5.41, 5.74) is 1.81. The van der Waals surface area contributed by atoms with Gasteiger partial charge in [-0.2, -0.15) is 0 Å². The van der Waals surface area contributed by atoms with Gasteiger partial charge in [0.2, 0.25) is 5.88 Å². The second-order valence-corrected chi connectivity index (χ2v) is 7.84. The lowest BCUT2D eigenvalue weighted by Crippen LogP contribution is -2.26. The van der Waals surface area contributed by atoms with Gasteiger partial charge in [0.15, 0.2) is 5.82 Å². The van der Waals surface area contributed by atoms with Crippen LogP contribution in [-0.2, 0) is 0 Å². The number of aromatic hydroxyl groups is 1. The molecule has 2 saturated carbocycles. The van der Waals surface area contributed by atoms with Crippen LogP contribution in [0.2, 0.25) is 0 Å². The summed E-state index contributed by atoms with van der Waals surface area (Å²) in [6.45, 7) is 1.76. The zero-order valence-electron chi connectivity index (χ0n) is 15.7. The summed E-state index contributed by atoms with van der Waals surface area (Å²) in [5.74, 6) is 2.83. The van der Waals surface area contributed by atoms with Gasteiger partial charge in [0, 0.05) is 17.7 Å². The molecule has 0 saturated heterocycles. The molecule has 3 atom stereocenters. The summed E-state index contributed by atoms with van der Waals surface area (Å²) in [4.78, 5) is 1.37. The Bertz CT molecular complexity index is 975. The quantitative estimate of drug-likeness (QED) is 0.745. The number of phenols is 1. The van der Waals surface area contributed by atoms with Gasteiger partial charge in [0.05, 0.1) is 11.4 Å². The molecule has 0 radical (unpaired) electrons. The fourth-order valence-corrected chi connectivity index (χ4v) is 4.49. The third kappa shape index (κ3) is 3.30. The van der Waals surface area contributed by atoms with Crippen LogP contribution in [0.5, 0.6) is 11.6 Å². The van der Waals surface area contributed by atoms with Gasteiger partial charge < -0.3 is 9.84 Å². The van der Waals surface area contributed by atoms with Crippen LogP contribution in [0.15, 0.2) is 30.3 Å². The van der Waals surface area contributed by atoms with Crippen molar-refractivity contribution in [2.24, 2.45) is 11.8 Å². The molecule has 28 heavy (non-hydrogen) atoms. The lowest BCUT2D eigenvalue weighted by atomic mass is 9.87. The van der Waals surface area contributed by atoms with Crippen molar-refractivity contribution in [1.82, 2.24) is 30.4 Å². The van der Waals surface area contributed by atoms with Gasteiger partial charge in [-0.25, -0.2) is 0 Å². The molecule has 1 unspecified atom stereocenters. The molecule has 2 heterocycles. The molecule has 5 rings (SSSR count). The second kappa shape index (κ2) is 6.85. The van der Waals surface area contributed by atoms with Crippen LogP contribution in [0, 0.1) is 18.8 Å². The molecule has 2 aliphatic rings. The number of aryl methyl sites for hydroxylation is 1. The van der Waals surface area contributed by atoms with Crippen LogP contribution < -0.4 is 4.74 Å². The highest BCUT2D eigenvalue weighted by molar-refractivity contribution is 5.68. The Morgan fingerprint density at radius 3 is 2.46 bits per heavy atom. The highest BCUT2D eigenvalue weighted by Crippen LogP contribution is 2.43. The lowest BCUT2D eigenvalue weighted by molar-refractivity contribution is 0.113. The van der Waals surface area contributed by atoms with Gasteiger partial charge in [0.1, 0.15) is 11.9 Å². The van der Waals surface area contributed by atoms with Crippen LogP contribution >= 0.6 is 0 Å². The average molecular weight is 378 g/mol. The van der Waals surface area contributed by atoms with Crippen LogP contribution in [0.4, 0.5) is 0 Å². The number of ether oxygens (including phenoxy) is 1. The fourth-order valence-electron chi connectivity index (χ4n) is 4.49. The van der Waals surface area contributed by atoms with E-state index < -0.39 is 0 Å². The van der Waals surface area contributed by atoms with Crippen molar-refractivity contribution in [3.8, 4) is 28.6 Å². The minimum absolute atomic E-state index is 0.0827. The number of rotatable bonds is 4. The first-order valence-corrected chi connectivity index (χ1v) is 9.75. The zero-order valence-corrected chi connectivity index (χ0v) is 15.7. The molecule has 3 aromatic rings. The predicted octanol–water partition coefficient (Wildman–Crippen LogP) is 3.09. The van der Waals surface area contributed by atoms with Gasteiger partial charge in [-0.05, 0) is 61.4 Å². The Morgan fingerprint density at radius 2 is 1.82 bits per heavy atom. The summed E-state index contributed by atoms with van der Waals surface area (Å²) in [5, 5.41) is 30.8. The maximum Gasteiger partial charge on any atom is 0.233 e. The topological polar surface area (TPSA) is 98.8 Å². The van der Waals surface area contributed by atoms with Gasteiger partial charge in [-0.15, -0.1) is 25.2 Å². The molecule has 8 nitrogen and oxygen atoms in total. The van der Waals surface area contributed by atoms with E-state index in [9.17, 15) is 5.11 Å². The maximum absolute atomic E-state index is 10.4. The van der Waals surface area contributed by atoms with Crippen molar-refractivity contribution >= 4 is 0 Å². The van der Waals surface area contributed by atoms with E-state index in [1.54, 1.807) is 25.1 Å². The average Bonchev–Trinajstić information content (AvgIpc) is 3.27. The van der Waals surface area contributed by atoms with E-state index >= 15 is 0 Å². The molecular weight excluding hydrogens is 356 g/mol. The van der Waals surface area contributed by atoms with Crippen molar-refractivity contribution < 1.29 is 9.84 Å². The van der Waals surface area contributed by atoms with Gasteiger partial charge in [-0.3, -0.25) is 0 Å². The number of phenolic OH excluding ortho intramolecular Hbond substituents is 1. The summed E-state index contributed by atoms with van der Waals surface area (Å²) in [7, 11) is 0. The number of benzene rings is 1. The Morgan fingerprint density at radius 1 is 1.00 bits per heavy atom. The summed E-state index contributed by atoms with van der Waals surface area (Å²) >= 11 is 0. The van der Waals surface area contributed by atoms with Crippen molar-refractivity contribution in [1.29, 1.82) is 0 Å². The van der Waals surface area contributed by atoms with Crippen LogP contribution in [0.3, 0.4) is 0 Å². The Kier molecular flexibility index (Phi) is 4.18. The molecule has 0 amide bonds. The largest absolute Gasteiger partial charge is 0.507 e. The van der Waals surface area contributed by atoms with E-state index in [4.69, 9.17) is 4.74 Å². The maximum atomic E-state index is 10.4. The normalized spacial score (nSPS) is 23.7. The highest BCUT2D eigenvalue weighted by atomic mass is 16.5. The zero-order chi connectivity index (χ0) is 19.1. The number of hydrogen-bond donors (Lipinski definition) is 1. The smallest absolute Gasteiger partial charge is 0.233 e. The van der Waals surface area contributed by atoms with E-state index in [0.29, 0.717) is 28.6 Å². The van der Waals surface area contributed by atoms with Gasteiger partial charge >= 0.3 is 0 Å². The molecule has 2 bridgehead atoms. The first-order chi connectivity index (χ1) is 13.6. The molecule has 0 spiro atoms. The summed E-state index contributed by atoms with van der Waals surface area (Å²) in [6, 6.07) is 8.81. The highest BCUT2D eigenvalue weighted by Gasteiger charge is 2.35. The third-order valence-electron chi connectivity index (χ3n) is 5.77. The molecule has 1 aromatic carbocycles. The predicted molar refractivity (Wildman–Crippen MR) is 101 cm³/mol. The fraction of sp³-hybridized carbons (Fsp3) is 0.450. The number of nitrogens with zero attached hydrogens (tertiary/aromatic N) is 6. The summed E-state index contributed by atoms with van der Waals surface area (Å²) < 4.78 is 6.07. The van der Waals surface area contributed by atoms with Crippen molar-refractivity contribution in [2.75, 3.05) is 0 Å².